The molecule has 1 aromatic heterocycles. The fourth-order valence-electron chi connectivity index (χ4n) is 2.47. The summed E-state index contributed by atoms with van der Waals surface area (Å²) in [6.07, 6.45) is 0. The van der Waals surface area contributed by atoms with Crippen LogP contribution in [0.25, 0.3) is 11.0 Å². The van der Waals surface area contributed by atoms with Crippen molar-refractivity contribution >= 4 is 34.2 Å². The van der Waals surface area contributed by atoms with Crippen LogP contribution in [0.4, 0.5) is 5.69 Å². The molecule has 0 atom stereocenters. The van der Waals surface area contributed by atoms with Gasteiger partial charge in [0.1, 0.15) is 5.58 Å². The van der Waals surface area contributed by atoms with Gasteiger partial charge in [-0.2, -0.15) is 0 Å². The van der Waals surface area contributed by atoms with Crippen LogP contribution in [0.3, 0.4) is 0 Å². The molecule has 0 aliphatic heterocycles. The molecule has 0 aliphatic rings. The van der Waals surface area contributed by atoms with E-state index >= 15 is 0 Å². The van der Waals surface area contributed by atoms with Gasteiger partial charge in [0, 0.05) is 34.3 Å². The maximum absolute atomic E-state index is 11.8. The highest BCUT2D eigenvalue weighted by atomic mass is 35.5. The molecule has 122 valence electrons. The molecule has 6 heteroatoms. The molecular formula is C18H15ClN2O3. The van der Waals surface area contributed by atoms with E-state index < -0.39 is 11.5 Å². The second-order valence-electron chi connectivity index (χ2n) is 5.49. The van der Waals surface area contributed by atoms with Crippen molar-refractivity contribution in [3.05, 3.63) is 74.6 Å². The summed E-state index contributed by atoms with van der Waals surface area (Å²) in [5, 5.41) is 4.55. The van der Waals surface area contributed by atoms with Gasteiger partial charge in [0.05, 0.1) is 0 Å². The Morgan fingerprint density at radius 2 is 2.04 bits per heavy atom. The van der Waals surface area contributed by atoms with E-state index in [9.17, 15) is 9.59 Å². The van der Waals surface area contributed by atoms with Crippen molar-refractivity contribution in [2.75, 3.05) is 5.32 Å². The number of primary amides is 1. The van der Waals surface area contributed by atoms with E-state index in [2.05, 4.69) is 5.32 Å². The third-order valence-corrected chi connectivity index (χ3v) is 4.15. The Bertz CT molecular complexity index is 995. The molecule has 0 saturated carbocycles. The van der Waals surface area contributed by atoms with Gasteiger partial charge in [-0.15, -0.1) is 0 Å². The Morgan fingerprint density at radius 1 is 1.25 bits per heavy atom. The predicted molar refractivity (Wildman–Crippen MR) is 94.5 cm³/mol. The van der Waals surface area contributed by atoms with E-state index in [-0.39, 0.29) is 0 Å². The zero-order chi connectivity index (χ0) is 17.3. The smallest absolute Gasteiger partial charge is 0.336 e. The van der Waals surface area contributed by atoms with Crippen LogP contribution < -0.4 is 16.7 Å². The zero-order valence-electron chi connectivity index (χ0n) is 12.9. The average molecular weight is 343 g/mol. The summed E-state index contributed by atoms with van der Waals surface area (Å²) in [6, 6.07) is 11.8. The normalized spacial score (nSPS) is 10.8. The highest BCUT2D eigenvalue weighted by Crippen LogP contribution is 2.25. The number of anilines is 1. The Morgan fingerprint density at radius 3 is 2.79 bits per heavy atom. The fourth-order valence-corrected chi connectivity index (χ4v) is 2.64. The van der Waals surface area contributed by atoms with E-state index in [0.29, 0.717) is 22.7 Å². The van der Waals surface area contributed by atoms with Gasteiger partial charge in [-0.3, -0.25) is 4.79 Å². The van der Waals surface area contributed by atoms with Crippen molar-refractivity contribution in [1.82, 2.24) is 0 Å². The molecule has 0 aliphatic carbocycles. The van der Waals surface area contributed by atoms with Crippen molar-refractivity contribution in [2.45, 2.75) is 13.5 Å². The van der Waals surface area contributed by atoms with Crippen LogP contribution in [-0.4, -0.2) is 5.91 Å². The second-order valence-corrected chi connectivity index (χ2v) is 5.89. The van der Waals surface area contributed by atoms with Gasteiger partial charge < -0.3 is 15.5 Å². The summed E-state index contributed by atoms with van der Waals surface area (Å²) in [6.45, 7) is 2.23. The lowest BCUT2D eigenvalue weighted by atomic mass is 10.1. The monoisotopic (exact) mass is 342 g/mol. The SMILES string of the molecule is Cc1cc2oc(=O)cc(CNc3cccc(C(N)=O)c3)c2cc1Cl. The molecule has 3 aromatic rings. The molecule has 24 heavy (non-hydrogen) atoms. The average Bonchev–Trinajstić information content (AvgIpc) is 2.54. The Hall–Kier alpha value is -2.79. The molecule has 2 aromatic carbocycles. The van der Waals surface area contributed by atoms with E-state index in [0.717, 1.165) is 22.2 Å². The largest absolute Gasteiger partial charge is 0.423 e. The first kappa shape index (κ1) is 16.1. The lowest BCUT2D eigenvalue weighted by molar-refractivity contribution is 0.100. The summed E-state index contributed by atoms with van der Waals surface area (Å²) < 4.78 is 5.24. The first-order valence-corrected chi connectivity index (χ1v) is 7.68. The van der Waals surface area contributed by atoms with Crippen molar-refractivity contribution in [1.29, 1.82) is 0 Å². The molecular weight excluding hydrogens is 328 g/mol. The standard InChI is InChI=1S/C18H15ClN2O3/c1-10-5-16-14(8-15(10)19)12(7-17(22)24-16)9-21-13-4-2-3-11(6-13)18(20)23/h2-8,21H,9H2,1H3,(H2,20,23). The van der Waals surface area contributed by atoms with E-state index in [4.69, 9.17) is 21.8 Å². The van der Waals surface area contributed by atoms with Crippen LogP contribution >= 0.6 is 11.6 Å². The number of hydrogen-bond acceptors (Lipinski definition) is 4. The number of fused-ring (bicyclic) bond motifs is 1. The van der Waals surface area contributed by atoms with Crippen LogP contribution in [0.2, 0.25) is 5.02 Å². The van der Waals surface area contributed by atoms with Crippen molar-refractivity contribution in [3.63, 3.8) is 0 Å². The number of carbonyl (C=O) groups excluding carboxylic acids is 1. The van der Waals surface area contributed by atoms with E-state index in [1.807, 2.05) is 13.0 Å². The van der Waals surface area contributed by atoms with Crippen LogP contribution in [0.1, 0.15) is 21.5 Å². The minimum absolute atomic E-state index is 0.379. The molecule has 0 radical (unpaired) electrons. The molecule has 0 spiro atoms. The number of halogens is 1. The van der Waals surface area contributed by atoms with Crippen molar-refractivity contribution in [3.8, 4) is 0 Å². The number of hydrogen-bond donors (Lipinski definition) is 2. The molecule has 0 unspecified atom stereocenters. The first-order valence-electron chi connectivity index (χ1n) is 7.30. The number of aryl methyl sites for hydroxylation is 1. The summed E-state index contributed by atoms with van der Waals surface area (Å²) >= 11 is 6.18. The molecule has 5 nitrogen and oxygen atoms in total. The van der Waals surface area contributed by atoms with Gasteiger partial charge in [0.2, 0.25) is 5.91 Å². The molecule has 0 bridgehead atoms. The molecule has 3 N–H and O–H groups in total. The minimum atomic E-state index is -0.494. The van der Waals surface area contributed by atoms with Gasteiger partial charge in [0.15, 0.2) is 0 Å². The highest BCUT2D eigenvalue weighted by Gasteiger charge is 2.09. The Kier molecular flexibility index (Phi) is 4.27. The maximum atomic E-state index is 11.8. The Labute approximate surface area is 143 Å². The molecule has 3 rings (SSSR count). The van der Waals surface area contributed by atoms with Crippen LogP contribution in [0.5, 0.6) is 0 Å². The topological polar surface area (TPSA) is 85.3 Å². The van der Waals surface area contributed by atoms with Crippen LogP contribution in [0, 0.1) is 6.92 Å². The molecule has 1 amide bonds. The lowest BCUT2D eigenvalue weighted by Crippen LogP contribution is -2.11. The van der Waals surface area contributed by atoms with Crippen molar-refractivity contribution in [2.24, 2.45) is 5.73 Å². The lowest BCUT2D eigenvalue weighted by Gasteiger charge is -2.10. The van der Waals surface area contributed by atoms with Gasteiger partial charge in [-0.1, -0.05) is 17.7 Å². The third kappa shape index (κ3) is 3.26. The van der Waals surface area contributed by atoms with Gasteiger partial charge >= 0.3 is 5.63 Å². The number of nitrogens with two attached hydrogens (primary N) is 1. The summed E-state index contributed by atoms with van der Waals surface area (Å²) in [7, 11) is 0. The van der Waals surface area contributed by atoms with Crippen molar-refractivity contribution < 1.29 is 9.21 Å². The summed E-state index contributed by atoms with van der Waals surface area (Å²) in [5.41, 5.74) is 8.09. The van der Waals surface area contributed by atoms with Gasteiger partial charge in [-0.05, 0) is 48.4 Å². The number of rotatable bonds is 4. The molecule has 0 fully saturated rings. The number of benzene rings is 2. The zero-order valence-corrected chi connectivity index (χ0v) is 13.7. The Balaban J connectivity index is 1.95. The quantitative estimate of drug-likeness (QED) is 0.711. The molecule has 0 saturated heterocycles. The maximum Gasteiger partial charge on any atom is 0.336 e. The third-order valence-electron chi connectivity index (χ3n) is 3.74. The van der Waals surface area contributed by atoms with E-state index in [1.54, 1.807) is 30.3 Å². The number of carbonyl (C=O) groups is 1. The van der Waals surface area contributed by atoms with Crippen LogP contribution in [-0.2, 0) is 6.54 Å². The number of nitrogens with one attached hydrogen (secondary N) is 1. The predicted octanol–water partition coefficient (Wildman–Crippen LogP) is 3.47. The van der Waals surface area contributed by atoms with Gasteiger partial charge in [0.25, 0.3) is 0 Å². The second kappa shape index (κ2) is 6.37. The fraction of sp³-hybridized carbons (Fsp3) is 0.111. The summed E-state index contributed by atoms with van der Waals surface area (Å²) in [5.74, 6) is -0.494. The number of amides is 1. The summed E-state index contributed by atoms with van der Waals surface area (Å²) in [4.78, 5) is 23.0. The molecule has 1 heterocycles. The van der Waals surface area contributed by atoms with Crippen LogP contribution in [0.15, 0.2) is 51.7 Å². The van der Waals surface area contributed by atoms with E-state index in [1.165, 1.54) is 6.07 Å². The van der Waals surface area contributed by atoms with Gasteiger partial charge in [-0.25, -0.2) is 4.79 Å². The minimum Gasteiger partial charge on any atom is -0.423 e. The highest BCUT2D eigenvalue weighted by molar-refractivity contribution is 6.32. The first-order chi connectivity index (χ1) is 11.4.